The van der Waals surface area contributed by atoms with Crippen LogP contribution in [0.2, 0.25) is 0 Å². The van der Waals surface area contributed by atoms with E-state index < -0.39 is 0 Å². The van der Waals surface area contributed by atoms with Gasteiger partial charge < -0.3 is 16.0 Å². The molecule has 0 aromatic heterocycles. The smallest absolute Gasteiger partial charge is 0.238 e. The van der Waals surface area contributed by atoms with Crippen molar-refractivity contribution >= 4 is 5.91 Å². The highest BCUT2D eigenvalue weighted by Gasteiger charge is 2.29. The van der Waals surface area contributed by atoms with Crippen molar-refractivity contribution in [1.82, 2.24) is 20.9 Å². The van der Waals surface area contributed by atoms with Gasteiger partial charge in [0.2, 0.25) is 5.91 Å². The van der Waals surface area contributed by atoms with E-state index in [4.69, 9.17) is 0 Å². The topological polar surface area (TPSA) is 56.4 Å². The Kier molecular flexibility index (Phi) is 4.59. The molecule has 1 amide bonds. The molecule has 0 aromatic rings. The summed E-state index contributed by atoms with van der Waals surface area (Å²) in [6.45, 7) is 6.61. The number of amides is 1. The van der Waals surface area contributed by atoms with Gasteiger partial charge in [0.1, 0.15) is 0 Å². The van der Waals surface area contributed by atoms with Crippen LogP contribution in [0, 0.1) is 0 Å². The summed E-state index contributed by atoms with van der Waals surface area (Å²) in [6.07, 6.45) is 2.61. The summed E-state index contributed by atoms with van der Waals surface area (Å²) in [5.74, 6) is 0.116. The summed E-state index contributed by atoms with van der Waals surface area (Å²) in [5.41, 5.74) is 0. The second-order valence-corrected chi connectivity index (χ2v) is 5.76. The number of nitrogens with one attached hydrogen (secondary N) is 3. The molecule has 5 nitrogen and oxygen atoms in total. The van der Waals surface area contributed by atoms with Crippen LogP contribution in [0.5, 0.6) is 0 Å². The van der Waals surface area contributed by atoms with Crippen molar-refractivity contribution in [3.05, 3.63) is 0 Å². The molecule has 104 valence electrons. The summed E-state index contributed by atoms with van der Waals surface area (Å²) in [7, 11) is 2.15. The Labute approximate surface area is 110 Å². The molecule has 0 aromatic carbocycles. The first-order valence-electron chi connectivity index (χ1n) is 7.04. The SMILES string of the molecule is CC1CNC(C(=O)NCC(C)N(C)C2CC2)CN1. The van der Waals surface area contributed by atoms with Gasteiger partial charge in [-0.3, -0.25) is 9.69 Å². The van der Waals surface area contributed by atoms with E-state index in [0.29, 0.717) is 12.1 Å². The van der Waals surface area contributed by atoms with Crippen molar-refractivity contribution < 1.29 is 4.79 Å². The maximum atomic E-state index is 12.0. The largest absolute Gasteiger partial charge is 0.353 e. The lowest BCUT2D eigenvalue weighted by Crippen LogP contribution is -2.59. The monoisotopic (exact) mass is 254 g/mol. The first-order valence-corrected chi connectivity index (χ1v) is 7.04. The van der Waals surface area contributed by atoms with Gasteiger partial charge in [0, 0.05) is 37.8 Å². The number of carbonyl (C=O) groups is 1. The van der Waals surface area contributed by atoms with Crippen LogP contribution in [-0.4, -0.2) is 61.7 Å². The molecule has 3 atom stereocenters. The highest BCUT2D eigenvalue weighted by molar-refractivity contribution is 5.82. The molecule has 2 aliphatic rings. The minimum Gasteiger partial charge on any atom is -0.353 e. The second-order valence-electron chi connectivity index (χ2n) is 5.76. The third-order valence-electron chi connectivity index (χ3n) is 4.05. The van der Waals surface area contributed by atoms with E-state index in [1.165, 1.54) is 12.8 Å². The molecule has 1 saturated carbocycles. The van der Waals surface area contributed by atoms with Crippen LogP contribution in [0.3, 0.4) is 0 Å². The van der Waals surface area contributed by atoms with Crippen LogP contribution in [0.15, 0.2) is 0 Å². The number of nitrogens with zero attached hydrogens (tertiary/aromatic N) is 1. The first-order chi connectivity index (χ1) is 8.58. The maximum absolute atomic E-state index is 12.0. The third kappa shape index (κ3) is 3.67. The number of likely N-dealkylation sites (N-methyl/N-ethyl adjacent to an activating group) is 1. The fourth-order valence-corrected chi connectivity index (χ4v) is 2.32. The van der Waals surface area contributed by atoms with E-state index in [1.807, 2.05) is 0 Å². The molecule has 1 aliphatic heterocycles. The number of hydrogen-bond donors (Lipinski definition) is 3. The fourth-order valence-electron chi connectivity index (χ4n) is 2.32. The van der Waals surface area contributed by atoms with Gasteiger partial charge in [-0.15, -0.1) is 0 Å². The quantitative estimate of drug-likeness (QED) is 0.621. The molecule has 2 fully saturated rings. The minimum absolute atomic E-state index is 0.0837. The van der Waals surface area contributed by atoms with Gasteiger partial charge in [0.25, 0.3) is 0 Å². The molecule has 1 aliphatic carbocycles. The van der Waals surface area contributed by atoms with E-state index >= 15 is 0 Å². The summed E-state index contributed by atoms with van der Waals surface area (Å²) in [5, 5.41) is 9.63. The van der Waals surface area contributed by atoms with Gasteiger partial charge in [-0.25, -0.2) is 0 Å². The zero-order valence-electron chi connectivity index (χ0n) is 11.7. The van der Waals surface area contributed by atoms with E-state index in [0.717, 1.165) is 25.7 Å². The van der Waals surface area contributed by atoms with Crippen LogP contribution in [0.4, 0.5) is 0 Å². The Morgan fingerprint density at radius 2 is 2.11 bits per heavy atom. The van der Waals surface area contributed by atoms with Gasteiger partial charge in [-0.1, -0.05) is 0 Å². The highest BCUT2D eigenvalue weighted by atomic mass is 16.2. The van der Waals surface area contributed by atoms with Crippen molar-refractivity contribution in [1.29, 1.82) is 0 Å². The highest BCUT2D eigenvalue weighted by Crippen LogP contribution is 2.26. The van der Waals surface area contributed by atoms with Crippen molar-refractivity contribution in [3.8, 4) is 0 Å². The molecular formula is C13H26N4O. The number of rotatable bonds is 5. The molecule has 5 heteroatoms. The molecule has 3 unspecified atom stereocenters. The molecular weight excluding hydrogens is 228 g/mol. The lowest BCUT2D eigenvalue weighted by Gasteiger charge is -2.29. The zero-order chi connectivity index (χ0) is 13.1. The van der Waals surface area contributed by atoms with Crippen molar-refractivity contribution in [3.63, 3.8) is 0 Å². The Bertz CT molecular complexity index is 285. The van der Waals surface area contributed by atoms with Crippen LogP contribution in [0.1, 0.15) is 26.7 Å². The van der Waals surface area contributed by atoms with E-state index in [9.17, 15) is 4.79 Å². The average molecular weight is 254 g/mol. The Balaban J connectivity index is 1.67. The molecule has 0 bridgehead atoms. The molecule has 1 heterocycles. The van der Waals surface area contributed by atoms with E-state index in [2.05, 4.69) is 41.7 Å². The third-order valence-corrected chi connectivity index (χ3v) is 4.05. The molecule has 2 rings (SSSR count). The second kappa shape index (κ2) is 5.99. The molecule has 3 N–H and O–H groups in total. The predicted octanol–water partition coefficient (Wildman–Crippen LogP) is -0.465. The van der Waals surface area contributed by atoms with Gasteiger partial charge in [0.15, 0.2) is 0 Å². The van der Waals surface area contributed by atoms with Crippen molar-refractivity contribution in [2.24, 2.45) is 0 Å². The maximum Gasteiger partial charge on any atom is 0.238 e. The van der Waals surface area contributed by atoms with Crippen LogP contribution < -0.4 is 16.0 Å². The van der Waals surface area contributed by atoms with E-state index in [1.54, 1.807) is 0 Å². The number of piperazine rings is 1. The van der Waals surface area contributed by atoms with Crippen LogP contribution in [-0.2, 0) is 4.79 Å². The molecule has 18 heavy (non-hydrogen) atoms. The van der Waals surface area contributed by atoms with Crippen molar-refractivity contribution in [2.45, 2.75) is 50.9 Å². The summed E-state index contributed by atoms with van der Waals surface area (Å²) in [4.78, 5) is 14.4. The lowest BCUT2D eigenvalue weighted by atomic mass is 10.1. The average Bonchev–Trinajstić information content (AvgIpc) is 3.19. The summed E-state index contributed by atoms with van der Waals surface area (Å²) < 4.78 is 0. The Morgan fingerprint density at radius 3 is 2.67 bits per heavy atom. The Hall–Kier alpha value is -0.650. The normalized spacial score (nSPS) is 30.2. The minimum atomic E-state index is -0.0837. The summed E-state index contributed by atoms with van der Waals surface area (Å²) >= 11 is 0. The van der Waals surface area contributed by atoms with Crippen LogP contribution >= 0.6 is 0 Å². The summed E-state index contributed by atoms with van der Waals surface area (Å²) in [6, 6.07) is 1.53. The number of hydrogen-bond acceptors (Lipinski definition) is 4. The van der Waals surface area contributed by atoms with Gasteiger partial charge in [-0.05, 0) is 33.7 Å². The zero-order valence-corrected chi connectivity index (χ0v) is 11.7. The molecule has 0 radical (unpaired) electrons. The lowest BCUT2D eigenvalue weighted by molar-refractivity contribution is -0.123. The van der Waals surface area contributed by atoms with Crippen LogP contribution in [0.25, 0.3) is 0 Å². The Morgan fingerprint density at radius 1 is 1.39 bits per heavy atom. The number of carbonyl (C=O) groups excluding carboxylic acids is 1. The van der Waals surface area contributed by atoms with E-state index in [-0.39, 0.29) is 11.9 Å². The molecule has 1 saturated heterocycles. The van der Waals surface area contributed by atoms with Gasteiger partial charge >= 0.3 is 0 Å². The van der Waals surface area contributed by atoms with Crippen molar-refractivity contribution in [2.75, 3.05) is 26.7 Å². The van der Waals surface area contributed by atoms with Gasteiger partial charge in [0.05, 0.1) is 6.04 Å². The molecule has 0 spiro atoms. The first kappa shape index (κ1) is 13.8. The predicted molar refractivity (Wildman–Crippen MR) is 72.5 cm³/mol. The standard InChI is InChI=1S/C13H26N4O/c1-9-6-15-12(8-14-9)13(18)16-7-10(2)17(3)11-4-5-11/h9-12,14-15H,4-8H2,1-3H3,(H,16,18). The van der Waals surface area contributed by atoms with Gasteiger partial charge in [-0.2, -0.15) is 0 Å². The fraction of sp³-hybridized carbons (Fsp3) is 0.923.